The maximum atomic E-state index is 12.6. The first-order chi connectivity index (χ1) is 12.3. The van der Waals surface area contributed by atoms with Gasteiger partial charge in [0.05, 0.1) is 5.92 Å². The van der Waals surface area contributed by atoms with E-state index in [1.807, 2.05) is 32.9 Å². The number of hydrogen-bond acceptors (Lipinski definition) is 4. The lowest BCUT2D eigenvalue weighted by Crippen LogP contribution is -2.52. The van der Waals surface area contributed by atoms with Crippen LogP contribution in [0, 0.1) is 24.7 Å². The van der Waals surface area contributed by atoms with E-state index in [2.05, 4.69) is 42.0 Å². The standard InChI is InChI=1S/C21H23N3OS/c1-6-8-15-9-7-10-16(11-15)17-12-18(26-14(17)3)21(4)13(2)19(25)24(5)20(22)23-21/h7,9-13H,1-5H3,(H2,22,23)/t13-,21-/m0/s1. The van der Waals surface area contributed by atoms with Gasteiger partial charge < -0.3 is 5.73 Å². The summed E-state index contributed by atoms with van der Waals surface area (Å²) in [6.07, 6.45) is 0. The van der Waals surface area contributed by atoms with Gasteiger partial charge in [-0.2, -0.15) is 0 Å². The van der Waals surface area contributed by atoms with Crippen LogP contribution in [0.1, 0.15) is 36.1 Å². The molecule has 2 N–H and O–H groups in total. The Bertz CT molecular complexity index is 963. The van der Waals surface area contributed by atoms with E-state index in [0.717, 1.165) is 21.6 Å². The number of amides is 1. The molecule has 0 saturated heterocycles. The van der Waals surface area contributed by atoms with Crippen molar-refractivity contribution in [3.05, 3.63) is 45.6 Å². The van der Waals surface area contributed by atoms with Gasteiger partial charge in [0.2, 0.25) is 5.91 Å². The smallest absolute Gasteiger partial charge is 0.234 e. The molecule has 2 heterocycles. The van der Waals surface area contributed by atoms with Crippen molar-refractivity contribution in [3.8, 4) is 23.0 Å². The third-order valence-corrected chi connectivity index (χ3v) is 6.37. The van der Waals surface area contributed by atoms with Gasteiger partial charge in [-0.1, -0.05) is 25.0 Å². The number of aryl methyl sites for hydroxylation is 1. The van der Waals surface area contributed by atoms with Crippen LogP contribution in [0.4, 0.5) is 0 Å². The number of carbonyl (C=O) groups is 1. The van der Waals surface area contributed by atoms with Crippen molar-refractivity contribution < 1.29 is 4.79 Å². The Hall–Kier alpha value is -2.58. The Morgan fingerprint density at radius 1 is 1.35 bits per heavy atom. The Kier molecular flexibility index (Phi) is 4.64. The van der Waals surface area contributed by atoms with E-state index in [1.54, 1.807) is 18.4 Å². The third kappa shape index (κ3) is 2.91. The highest BCUT2D eigenvalue weighted by molar-refractivity contribution is 7.12. The van der Waals surface area contributed by atoms with Crippen molar-refractivity contribution in [3.63, 3.8) is 0 Å². The molecule has 1 amide bonds. The molecule has 0 spiro atoms. The van der Waals surface area contributed by atoms with Gasteiger partial charge in [0.25, 0.3) is 0 Å². The van der Waals surface area contributed by atoms with E-state index in [9.17, 15) is 4.79 Å². The normalized spacial score (nSPS) is 22.7. The Balaban J connectivity index is 2.09. The first-order valence-corrected chi connectivity index (χ1v) is 9.36. The quantitative estimate of drug-likeness (QED) is 0.825. The van der Waals surface area contributed by atoms with Gasteiger partial charge in [0, 0.05) is 22.4 Å². The monoisotopic (exact) mass is 365 g/mol. The average molecular weight is 366 g/mol. The fraction of sp³-hybridized carbons (Fsp3) is 0.333. The second-order valence-corrected chi connectivity index (χ2v) is 8.03. The van der Waals surface area contributed by atoms with Crippen molar-refractivity contribution in [1.82, 2.24) is 4.90 Å². The van der Waals surface area contributed by atoms with Crippen molar-refractivity contribution in [2.24, 2.45) is 16.6 Å². The molecule has 1 aromatic heterocycles. The highest BCUT2D eigenvalue weighted by Gasteiger charge is 2.44. The summed E-state index contributed by atoms with van der Waals surface area (Å²) in [5, 5.41) is 0. The predicted octanol–water partition coefficient (Wildman–Crippen LogP) is 3.73. The van der Waals surface area contributed by atoms with E-state index in [1.165, 1.54) is 9.78 Å². The van der Waals surface area contributed by atoms with Crippen LogP contribution < -0.4 is 5.73 Å². The van der Waals surface area contributed by atoms with Crippen LogP contribution in [0.2, 0.25) is 0 Å². The lowest BCUT2D eigenvalue weighted by Gasteiger charge is -2.37. The minimum absolute atomic E-state index is 0.00665. The number of rotatable bonds is 2. The predicted molar refractivity (Wildman–Crippen MR) is 108 cm³/mol. The van der Waals surface area contributed by atoms with Gasteiger partial charge in [-0.25, -0.2) is 4.99 Å². The summed E-state index contributed by atoms with van der Waals surface area (Å²) < 4.78 is 0. The fourth-order valence-corrected chi connectivity index (χ4v) is 4.47. The lowest BCUT2D eigenvalue weighted by molar-refractivity contribution is -0.133. The molecule has 0 saturated carbocycles. The van der Waals surface area contributed by atoms with E-state index in [-0.39, 0.29) is 17.8 Å². The molecule has 1 aromatic carbocycles. The lowest BCUT2D eigenvalue weighted by atomic mass is 9.83. The van der Waals surface area contributed by atoms with E-state index < -0.39 is 5.54 Å². The minimum Gasteiger partial charge on any atom is -0.369 e. The highest BCUT2D eigenvalue weighted by Crippen LogP contribution is 2.44. The Labute approximate surface area is 158 Å². The summed E-state index contributed by atoms with van der Waals surface area (Å²) >= 11 is 1.67. The molecule has 0 fully saturated rings. The topological polar surface area (TPSA) is 58.7 Å². The van der Waals surface area contributed by atoms with Crippen LogP contribution in [0.3, 0.4) is 0 Å². The SMILES string of the molecule is CC#Cc1cccc(-c2cc([C@@]3(C)N=C(N)N(C)C(=O)[C@@H]3C)sc2C)c1. The number of hydrogen-bond donors (Lipinski definition) is 1. The molecule has 1 aliphatic heterocycles. The zero-order chi connectivity index (χ0) is 19.1. The van der Waals surface area contributed by atoms with E-state index in [0.29, 0.717) is 0 Å². The number of nitrogens with two attached hydrogens (primary N) is 1. The van der Waals surface area contributed by atoms with Crippen LogP contribution >= 0.6 is 11.3 Å². The number of aliphatic imine (C=N–C) groups is 1. The van der Waals surface area contributed by atoms with Crippen molar-refractivity contribution in [1.29, 1.82) is 0 Å². The maximum absolute atomic E-state index is 12.6. The molecule has 3 rings (SSSR count). The number of benzene rings is 1. The summed E-state index contributed by atoms with van der Waals surface area (Å²) in [5.74, 6) is 6.03. The summed E-state index contributed by atoms with van der Waals surface area (Å²) in [6, 6.07) is 10.4. The average Bonchev–Trinajstić information content (AvgIpc) is 3.01. The highest BCUT2D eigenvalue weighted by atomic mass is 32.1. The second-order valence-electron chi connectivity index (χ2n) is 6.77. The first-order valence-electron chi connectivity index (χ1n) is 8.55. The maximum Gasteiger partial charge on any atom is 0.234 e. The molecule has 26 heavy (non-hydrogen) atoms. The van der Waals surface area contributed by atoms with Crippen LogP contribution in [0.25, 0.3) is 11.1 Å². The first kappa shape index (κ1) is 18.2. The second kappa shape index (κ2) is 6.62. The van der Waals surface area contributed by atoms with E-state index in [4.69, 9.17) is 5.73 Å². The molecule has 1 aliphatic rings. The van der Waals surface area contributed by atoms with Crippen LogP contribution in [0.5, 0.6) is 0 Å². The molecule has 0 aliphatic carbocycles. The van der Waals surface area contributed by atoms with Crippen LogP contribution in [-0.2, 0) is 10.3 Å². The van der Waals surface area contributed by atoms with Gasteiger partial charge in [-0.15, -0.1) is 17.3 Å². The van der Waals surface area contributed by atoms with Crippen molar-refractivity contribution in [2.75, 3.05) is 7.05 Å². The molecule has 5 heteroatoms. The van der Waals surface area contributed by atoms with Gasteiger partial charge >= 0.3 is 0 Å². The summed E-state index contributed by atoms with van der Waals surface area (Å²) in [7, 11) is 1.67. The minimum atomic E-state index is -0.651. The zero-order valence-electron chi connectivity index (χ0n) is 15.8. The van der Waals surface area contributed by atoms with Crippen molar-refractivity contribution >= 4 is 23.2 Å². The molecule has 0 unspecified atom stereocenters. The van der Waals surface area contributed by atoms with Gasteiger partial charge in [-0.3, -0.25) is 9.69 Å². The summed E-state index contributed by atoms with van der Waals surface area (Å²) in [6.45, 7) is 7.84. The number of guanidine groups is 1. The molecular weight excluding hydrogens is 342 g/mol. The molecular formula is C21H23N3OS. The molecule has 2 atom stereocenters. The van der Waals surface area contributed by atoms with Gasteiger partial charge in [0.15, 0.2) is 5.96 Å². The third-order valence-electron chi connectivity index (χ3n) is 5.09. The fourth-order valence-electron chi connectivity index (χ4n) is 3.25. The molecule has 2 aromatic rings. The Morgan fingerprint density at radius 3 is 2.77 bits per heavy atom. The number of carbonyl (C=O) groups excluding carboxylic acids is 1. The molecule has 134 valence electrons. The van der Waals surface area contributed by atoms with Crippen molar-refractivity contribution in [2.45, 2.75) is 33.2 Å². The van der Waals surface area contributed by atoms with Crippen LogP contribution in [0.15, 0.2) is 35.3 Å². The number of thiophene rings is 1. The summed E-state index contributed by atoms with van der Waals surface area (Å²) in [4.78, 5) is 20.9. The van der Waals surface area contributed by atoms with Crippen LogP contribution in [-0.4, -0.2) is 23.8 Å². The Morgan fingerprint density at radius 2 is 2.08 bits per heavy atom. The number of nitrogens with zero attached hydrogens (tertiary/aromatic N) is 2. The molecule has 4 nitrogen and oxygen atoms in total. The zero-order valence-corrected chi connectivity index (χ0v) is 16.6. The molecule has 0 bridgehead atoms. The van der Waals surface area contributed by atoms with E-state index >= 15 is 0 Å². The largest absolute Gasteiger partial charge is 0.369 e. The van der Waals surface area contributed by atoms with Gasteiger partial charge in [-0.05, 0) is 50.1 Å². The summed E-state index contributed by atoms with van der Waals surface area (Å²) in [5.41, 5.74) is 8.61. The molecule has 0 radical (unpaired) electrons. The van der Waals surface area contributed by atoms with Gasteiger partial charge in [0.1, 0.15) is 5.54 Å².